The third-order valence-electron chi connectivity index (χ3n) is 6.93. The molecule has 1 aromatic carbocycles. The van der Waals surface area contributed by atoms with Gasteiger partial charge in [0.15, 0.2) is 0 Å². The molecule has 7 heteroatoms. The van der Waals surface area contributed by atoms with Gasteiger partial charge in [-0.1, -0.05) is 19.9 Å². The largest absolute Gasteiger partial charge is 0.513 e. The highest BCUT2D eigenvalue weighted by Gasteiger charge is 2.32. The lowest BCUT2D eigenvalue weighted by molar-refractivity contribution is 0.119. The summed E-state index contributed by atoms with van der Waals surface area (Å²) in [6.45, 7) is 7.01. The van der Waals surface area contributed by atoms with Crippen molar-refractivity contribution in [2.45, 2.75) is 64.5 Å². The van der Waals surface area contributed by atoms with Crippen LogP contribution in [0.25, 0.3) is 11.3 Å². The van der Waals surface area contributed by atoms with Gasteiger partial charge >= 0.3 is 0 Å². The summed E-state index contributed by atoms with van der Waals surface area (Å²) in [7, 11) is 1.58. The number of aryl methyl sites for hydroxylation is 1. The van der Waals surface area contributed by atoms with Crippen LogP contribution >= 0.6 is 0 Å². The maximum absolute atomic E-state index is 10.8. The summed E-state index contributed by atoms with van der Waals surface area (Å²) in [6, 6.07) is 5.84. The highest BCUT2D eigenvalue weighted by Crippen LogP contribution is 2.40. The van der Waals surface area contributed by atoms with Gasteiger partial charge in [-0.2, -0.15) is 0 Å². The summed E-state index contributed by atoms with van der Waals surface area (Å²) < 4.78 is 11.1. The summed E-state index contributed by atoms with van der Waals surface area (Å²) in [4.78, 5) is 0. The second-order valence-corrected chi connectivity index (χ2v) is 9.24. The number of aliphatic hydroxyl groups is 1. The third kappa shape index (κ3) is 5.24. The molecule has 2 aromatic rings. The first-order valence-electron chi connectivity index (χ1n) is 12.0. The first-order valence-corrected chi connectivity index (χ1v) is 12.0. The van der Waals surface area contributed by atoms with Gasteiger partial charge in [-0.15, -0.1) is 10.2 Å². The van der Waals surface area contributed by atoms with Crippen molar-refractivity contribution < 1.29 is 19.7 Å². The summed E-state index contributed by atoms with van der Waals surface area (Å²) in [6.07, 6.45) is 6.70. The van der Waals surface area contributed by atoms with Crippen LogP contribution in [0.3, 0.4) is 0 Å². The Hall–Kier alpha value is -2.80. The lowest BCUT2D eigenvalue weighted by atomic mass is 9.74. The molecule has 0 saturated heterocycles. The molecule has 178 valence electrons. The number of phenols is 1. The van der Waals surface area contributed by atoms with Crippen LogP contribution < -0.4 is 10.1 Å². The lowest BCUT2D eigenvalue weighted by Crippen LogP contribution is -2.33. The van der Waals surface area contributed by atoms with Gasteiger partial charge in [-0.25, -0.2) is 0 Å². The number of allylic oxidation sites excluding steroid dienone is 1. The fraction of sp³-hybridized carbons (Fsp3) is 0.538. The number of methoxy groups -OCH3 is 1. The van der Waals surface area contributed by atoms with Gasteiger partial charge < -0.3 is 25.0 Å². The van der Waals surface area contributed by atoms with E-state index in [4.69, 9.17) is 9.47 Å². The Morgan fingerprint density at radius 1 is 1.24 bits per heavy atom. The number of anilines is 1. The molecular weight excluding hydrogens is 418 g/mol. The molecule has 7 nitrogen and oxygen atoms in total. The SMILES string of the molecule is C=C(O)[C@@H]1CC[C@@H](Nc2cc3c(nn2)-c2c(O)cc(OC)cc2COCCC3)CC1CCC. The molecule has 0 radical (unpaired) electrons. The number of ether oxygens (including phenoxy) is 2. The average Bonchev–Trinajstić information content (AvgIpc) is 2.88. The molecule has 0 amide bonds. The molecule has 1 aliphatic heterocycles. The monoisotopic (exact) mass is 453 g/mol. The fourth-order valence-electron chi connectivity index (χ4n) is 5.34. The lowest BCUT2D eigenvalue weighted by Gasteiger charge is -2.36. The van der Waals surface area contributed by atoms with Crippen LogP contribution in [0.5, 0.6) is 11.5 Å². The second-order valence-electron chi connectivity index (χ2n) is 9.24. The van der Waals surface area contributed by atoms with Crippen LogP contribution in [0.2, 0.25) is 0 Å². The molecule has 2 heterocycles. The van der Waals surface area contributed by atoms with Crippen molar-refractivity contribution in [3.63, 3.8) is 0 Å². The highest BCUT2D eigenvalue weighted by atomic mass is 16.5. The predicted molar refractivity (Wildman–Crippen MR) is 129 cm³/mol. The van der Waals surface area contributed by atoms with Gasteiger partial charge in [0.25, 0.3) is 0 Å². The Morgan fingerprint density at radius 2 is 2.09 bits per heavy atom. The van der Waals surface area contributed by atoms with Crippen molar-refractivity contribution in [2.75, 3.05) is 19.0 Å². The number of fused-ring (bicyclic) bond motifs is 3. The normalized spacial score (nSPS) is 22.8. The van der Waals surface area contributed by atoms with Gasteiger partial charge in [0.05, 0.1) is 19.5 Å². The van der Waals surface area contributed by atoms with E-state index in [0.29, 0.717) is 41.9 Å². The molecule has 33 heavy (non-hydrogen) atoms. The van der Waals surface area contributed by atoms with E-state index in [9.17, 15) is 10.2 Å². The average molecular weight is 454 g/mol. The molecule has 2 aliphatic rings. The summed E-state index contributed by atoms with van der Waals surface area (Å²) in [5.74, 6) is 2.40. The molecule has 1 saturated carbocycles. The quantitative estimate of drug-likeness (QED) is 0.505. The molecule has 1 aliphatic carbocycles. The molecule has 0 spiro atoms. The van der Waals surface area contributed by atoms with Crippen LogP contribution in [-0.2, 0) is 17.8 Å². The van der Waals surface area contributed by atoms with Gasteiger partial charge in [-0.05, 0) is 67.7 Å². The Bertz CT molecular complexity index is 994. The number of hydrogen-bond acceptors (Lipinski definition) is 7. The summed E-state index contributed by atoms with van der Waals surface area (Å²) >= 11 is 0. The molecule has 4 rings (SSSR count). The zero-order valence-electron chi connectivity index (χ0n) is 19.6. The minimum atomic E-state index is 0.121. The Kier molecular flexibility index (Phi) is 7.38. The van der Waals surface area contributed by atoms with Crippen LogP contribution in [0.4, 0.5) is 5.82 Å². The topological polar surface area (TPSA) is 96.7 Å². The third-order valence-corrected chi connectivity index (χ3v) is 6.93. The summed E-state index contributed by atoms with van der Waals surface area (Å²) in [5.41, 5.74) is 3.25. The molecule has 1 fully saturated rings. The molecule has 1 aromatic heterocycles. The van der Waals surface area contributed by atoms with Crippen LogP contribution in [0.15, 0.2) is 30.5 Å². The highest BCUT2D eigenvalue weighted by molar-refractivity contribution is 5.75. The van der Waals surface area contributed by atoms with E-state index in [1.165, 1.54) is 0 Å². The standard InChI is InChI=1S/C26H35N3O4/c1-4-6-17-11-20(8-9-22(17)16(2)30)27-24-13-18-7-5-10-33-15-19-12-21(32-3)14-23(31)25(19)26(18)29-28-24/h12-14,17,20,22,30-31H,2,4-11,15H2,1,3H3,(H,27,28)/t17?,20-,22+/m1/s1. The minimum absolute atomic E-state index is 0.121. The smallest absolute Gasteiger partial charge is 0.149 e. The zero-order valence-corrected chi connectivity index (χ0v) is 19.6. The van der Waals surface area contributed by atoms with Gasteiger partial charge in [-0.3, -0.25) is 0 Å². The van der Waals surface area contributed by atoms with E-state index in [0.717, 1.165) is 61.9 Å². The van der Waals surface area contributed by atoms with Gasteiger partial charge in [0, 0.05) is 30.2 Å². The molecular formula is C26H35N3O4. The van der Waals surface area contributed by atoms with E-state index in [1.807, 2.05) is 6.07 Å². The van der Waals surface area contributed by atoms with E-state index >= 15 is 0 Å². The number of aromatic hydroxyl groups is 1. The second kappa shape index (κ2) is 10.4. The van der Waals surface area contributed by atoms with E-state index in [2.05, 4.69) is 35.1 Å². The fourth-order valence-corrected chi connectivity index (χ4v) is 5.34. The number of aromatic nitrogens is 2. The number of nitrogens with zero attached hydrogens (tertiary/aromatic N) is 2. The van der Waals surface area contributed by atoms with E-state index < -0.39 is 0 Å². The van der Waals surface area contributed by atoms with Crippen molar-refractivity contribution in [3.8, 4) is 22.8 Å². The molecule has 0 bridgehead atoms. The maximum Gasteiger partial charge on any atom is 0.149 e. The van der Waals surface area contributed by atoms with Gasteiger partial charge in [0.1, 0.15) is 23.0 Å². The number of hydrogen-bond donors (Lipinski definition) is 3. The van der Waals surface area contributed by atoms with Crippen LogP contribution in [0, 0.1) is 11.8 Å². The molecule has 3 atom stereocenters. The van der Waals surface area contributed by atoms with Crippen LogP contribution in [-0.4, -0.2) is 40.2 Å². The minimum Gasteiger partial charge on any atom is -0.513 e. The number of nitrogens with one attached hydrogen (secondary N) is 1. The van der Waals surface area contributed by atoms with Crippen molar-refractivity contribution in [3.05, 3.63) is 41.7 Å². The Balaban J connectivity index is 1.60. The number of phenolic OH excluding ortho intramolecular Hbond substituents is 1. The first kappa shape index (κ1) is 23.4. The summed E-state index contributed by atoms with van der Waals surface area (Å²) in [5, 5.41) is 33.4. The van der Waals surface area contributed by atoms with Crippen molar-refractivity contribution in [2.24, 2.45) is 11.8 Å². The van der Waals surface area contributed by atoms with Gasteiger partial charge in [0.2, 0.25) is 0 Å². The number of rotatable bonds is 6. The first-order chi connectivity index (χ1) is 16.0. The molecule has 1 unspecified atom stereocenters. The number of benzene rings is 1. The molecule has 3 N–H and O–H groups in total. The van der Waals surface area contributed by atoms with Crippen molar-refractivity contribution >= 4 is 5.82 Å². The maximum atomic E-state index is 10.8. The van der Waals surface area contributed by atoms with Crippen molar-refractivity contribution in [1.29, 1.82) is 0 Å². The predicted octanol–water partition coefficient (Wildman–Crippen LogP) is 5.39. The zero-order chi connectivity index (χ0) is 23.4. The number of aliphatic hydroxyl groups excluding tert-OH is 1. The Labute approximate surface area is 195 Å². The van der Waals surface area contributed by atoms with E-state index in [-0.39, 0.29) is 17.7 Å². The van der Waals surface area contributed by atoms with Crippen LogP contribution in [0.1, 0.15) is 56.6 Å². The Morgan fingerprint density at radius 3 is 2.85 bits per heavy atom. The van der Waals surface area contributed by atoms with E-state index in [1.54, 1.807) is 13.2 Å². The van der Waals surface area contributed by atoms with Crippen molar-refractivity contribution in [1.82, 2.24) is 10.2 Å².